The van der Waals surface area contributed by atoms with Gasteiger partial charge in [-0.05, 0) is 37.7 Å². The van der Waals surface area contributed by atoms with Crippen molar-refractivity contribution in [1.82, 2.24) is 4.90 Å². The van der Waals surface area contributed by atoms with Crippen LogP contribution in [-0.4, -0.2) is 30.5 Å². The van der Waals surface area contributed by atoms with Crippen LogP contribution in [0.5, 0.6) is 0 Å². The molecule has 20 heavy (non-hydrogen) atoms. The molecule has 1 aromatic rings. The van der Waals surface area contributed by atoms with E-state index in [1.807, 2.05) is 7.05 Å². The van der Waals surface area contributed by atoms with Gasteiger partial charge in [-0.25, -0.2) is 0 Å². The summed E-state index contributed by atoms with van der Waals surface area (Å²) >= 11 is 0. The van der Waals surface area contributed by atoms with Crippen molar-refractivity contribution in [3.05, 3.63) is 35.9 Å². The molecule has 4 heteroatoms. The van der Waals surface area contributed by atoms with E-state index in [2.05, 4.69) is 40.2 Å². The highest BCUT2D eigenvalue weighted by molar-refractivity contribution is 14.0. The van der Waals surface area contributed by atoms with Crippen molar-refractivity contribution in [2.24, 2.45) is 10.7 Å². The zero-order chi connectivity index (χ0) is 13.5. The predicted octanol–water partition coefficient (Wildman–Crippen LogP) is 3.43. The topological polar surface area (TPSA) is 41.6 Å². The molecule has 3 nitrogen and oxygen atoms in total. The first-order chi connectivity index (χ1) is 9.27. The molecule has 2 N–H and O–H groups in total. The Morgan fingerprint density at radius 1 is 1.20 bits per heavy atom. The smallest absolute Gasteiger partial charge is 0.191 e. The SMILES string of the molecule is CN(C(N)=NCCCCCc1ccccc1)C1CC1.I. The maximum absolute atomic E-state index is 5.94. The molecule has 0 aliphatic heterocycles. The first kappa shape index (κ1) is 17.3. The van der Waals surface area contributed by atoms with Gasteiger partial charge in [0.25, 0.3) is 0 Å². The van der Waals surface area contributed by atoms with Crippen molar-refractivity contribution >= 4 is 29.9 Å². The predicted molar refractivity (Wildman–Crippen MR) is 96.7 cm³/mol. The lowest BCUT2D eigenvalue weighted by atomic mass is 10.1. The number of rotatable bonds is 7. The minimum absolute atomic E-state index is 0. The van der Waals surface area contributed by atoms with E-state index >= 15 is 0 Å². The minimum Gasteiger partial charge on any atom is -0.370 e. The molecule has 1 aromatic carbocycles. The largest absolute Gasteiger partial charge is 0.370 e. The normalized spacial score (nSPS) is 14.8. The number of aryl methyl sites for hydroxylation is 1. The van der Waals surface area contributed by atoms with Crippen LogP contribution in [0.1, 0.15) is 37.7 Å². The van der Waals surface area contributed by atoms with Crippen LogP contribution in [0, 0.1) is 0 Å². The Morgan fingerprint density at radius 3 is 2.55 bits per heavy atom. The lowest BCUT2D eigenvalue weighted by molar-refractivity contribution is 0.486. The van der Waals surface area contributed by atoms with Gasteiger partial charge < -0.3 is 10.6 Å². The van der Waals surface area contributed by atoms with Gasteiger partial charge in [0.15, 0.2) is 5.96 Å². The summed E-state index contributed by atoms with van der Waals surface area (Å²) in [6, 6.07) is 11.3. The van der Waals surface area contributed by atoms with E-state index in [0.29, 0.717) is 12.0 Å². The number of unbranched alkanes of at least 4 members (excludes halogenated alkanes) is 2. The second kappa shape index (κ2) is 9.21. The van der Waals surface area contributed by atoms with Crippen LogP contribution >= 0.6 is 24.0 Å². The molecular weight excluding hydrogens is 361 g/mol. The lowest BCUT2D eigenvalue weighted by Gasteiger charge is -2.16. The summed E-state index contributed by atoms with van der Waals surface area (Å²) in [5.41, 5.74) is 7.37. The van der Waals surface area contributed by atoms with Crippen molar-refractivity contribution in [3.8, 4) is 0 Å². The summed E-state index contributed by atoms with van der Waals surface area (Å²) < 4.78 is 0. The summed E-state index contributed by atoms with van der Waals surface area (Å²) in [4.78, 5) is 6.57. The van der Waals surface area contributed by atoms with Crippen LogP contribution in [0.25, 0.3) is 0 Å². The molecule has 0 radical (unpaired) electrons. The molecule has 0 aromatic heterocycles. The van der Waals surface area contributed by atoms with Crippen LogP contribution < -0.4 is 5.73 Å². The zero-order valence-electron chi connectivity index (χ0n) is 12.3. The van der Waals surface area contributed by atoms with Gasteiger partial charge in [0.1, 0.15) is 0 Å². The molecule has 1 saturated carbocycles. The summed E-state index contributed by atoms with van der Waals surface area (Å²) in [5.74, 6) is 0.713. The Labute approximate surface area is 139 Å². The first-order valence-electron chi connectivity index (χ1n) is 7.34. The number of benzene rings is 1. The van der Waals surface area contributed by atoms with Gasteiger partial charge in [0.2, 0.25) is 0 Å². The molecule has 0 atom stereocenters. The standard InChI is InChI=1S/C16H25N3.HI/c1-19(15-11-12-15)16(17)18-13-7-3-6-10-14-8-4-2-5-9-14;/h2,4-5,8-9,15H,3,6-7,10-13H2,1H3,(H2,17,18);1H. The van der Waals surface area contributed by atoms with Gasteiger partial charge in [0, 0.05) is 19.6 Å². The number of aliphatic imine (C=N–C) groups is 1. The van der Waals surface area contributed by atoms with Crippen LogP contribution in [-0.2, 0) is 6.42 Å². The van der Waals surface area contributed by atoms with Crippen LogP contribution in [0.15, 0.2) is 35.3 Å². The molecule has 0 spiro atoms. The zero-order valence-corrected chi connectivity index (χ0v) is 14.6. The second-order valence-corrected chi connectivity index (χ2v) is 5.38. The Bertz CT molecular complexity index is 401. The average molecular weight is 387 g/mol. The van der Waals surface area contributed by atoms with E-state index in [-0.39, 0.29) is 24.0 Å². The second-order valence-electron chi connectivity index (χ2n) is 5.38. The van der Waals surface area contributed by atoms with Crippen molar-refractivity contribution in [2.45, 2.75) is 44.6 Å². The first-order valence-corrected chi connectivity index (χ1v) is 7.34. The summed E-state index contributed by atoms with van der Waals surface area (Å²) in [6.07, 6.45) is 7.29. The molecule has 0 saturated heterocycles. The molecule has 1 aliphatic rings. The van der Waals surface area contributed by atoms with E-state index in [9.17, 15) is 0 Å². The van der Waals surface area contributed by atoms with Crippen molar-refractivity contribution in [2.75, 3.05) is 13.6 Å². The monoisotopic (exact) mass is 387 g/mol. The number of nitrogens with two attached hydrogens (primary N) is 1. The van der Waals surface area contributed by atoms with Gasteiger partial charge in [-0.1, -0.05) is 36.8 Å². The van der Waals surface area contributed by atoms with E-state index < -0.39 is 0 Å². The van der Waals surface area contributed by atoms with E-state index in [1.165, 1.54) is 37.7 Å². The number of hydrogen-bond donors (Lipinski definition) is 1. The van der Waals surface area contributed by atoms with Gasteiger partial charge in [-0.3, -0.25) is 4.99 Å². The molecule has 1 fully saturated rings. The summed E-state index contributed by atoms with van der Waals surface area (Å²) in [6.45, 7) is 0.859. The van der Waals surface area contributed by atoms with Crippen LogP contribution in [0.3, 0.4) is 0 Å². The van der Waals surface area contributed by atoms with E-state index in [4.69, 9.17) is 5.73 Å². The molecule has 2 rings (SSSR count). The Balaban J connectivity index is 0.00000200. The summed E-state index contributed by atoms with van der Waals surface area (Å²) in [5, 5.41) is 0. The molecule has 0 unspecified atom stereocenters. The molecule has 0 bridgehead atoms. The number of nitrogens with zero attached hydrogens (tertiary/aromatic N) is 2. The van der Waals surface area contributed by atoms with Crippen molar-refractivity contribution < 1.29 is 0 Å². The lowest BCUT2D eigenvalue weighted by Crippen LogP contribution is -2.35. The Kier molecular flexibility index (Phi) is 7.95. The molecular formula is C16H26IN3. The maximum atomic E-state index is 5.94. The molecule has 112 valence electrons. The highest BCUT2D eigenvalue weighted by atomic mass is 127. The van der Waals surface area contributed by atoms with E-state index in [1.54, 1.807) is 0 Å². The van der Waals surface area contributed by atoms with Gasteiger partial charge in [-0.15, -0.1) is 24.0 Å². The molecule has 0 amide bonds. The van der Waals surface area contributed by atoms with Gasteiger partial charge >= 0.3 is 0 Å². The molecule has 1 aliphatic carbocycles. The van der Waals surface area contributed by atoms with Gasteiger partial charge in [-0.2, -0.15) is 0 Å². The summed E-state index contributed by atoms with van der Waals surface area (Å²) in [7, 11) is 2.05. The fourth-order valence-electron chi connectivity index (χ4n) is 2.22. The third kappa shape index (κ3) is 6.11. The van der Waals surface area contributed by atoms with E-state index in [0.717, 1.165) is 13.0 Å². The molecule has 0 heterocycles. The fourth-order valence-corrected chi connectivity index (χ4v) is 2.22. The van der Waals surface area contributed by atoms with Gasteiger partial charge in [0.05, 0.1) is 0 Å². The third-order valence-electron chi connectivity index (χ3n) is 3.70. The fraction of sp³-hybridized carbons (Fsp3) is 0.562. The van der Waals surface area contributed by atoms with Crippen molar-refractivity contribution in [1.29, 1.82) is 0 Å². The third-order valence-corrected chi connectivity index (χ3v) is 3.70. The number of guanidine groups is 1. The Hall–Kier alpha value is -0.780. The minimum atomic E-state index is 0. The quantitative estimate of drug-likeness (QED) is 0.337. The van der Waals surface area contributed by atoms with Crippen molar-refractivity contribution in [3.63, 3.8) is 0 Å². The average Bonchev–Trinajstić information content (AvgIpc) is 3.27. The highest BCUT2D eigenvalue weighted by Gasteiger charge is 2.27. The van der Waals surface area contributed by atoms with Crippen LogP contribution in [0.4, 0.5) is 0 Å². The number of hydrogen-bond acceptors (Lipinski definition) is 1. The number of halogens is 1. The Morgan fingerprint density at radius 2 is 1.90 bits per heavy atom. The maximum Gasteiger partial charge on any atom is 0.191 e. The van der Waals surface area contributed by atoms with Crippen LogP contribution in [0.2, 0.25) is 0 Å². The highest BCUT2D eigenvalue weighted by Crippen LogP contribution is 2.24.